The molecule has 7 nitrogen and oxygen atoms in total. The first-order valence-electron chi connectivity index (χ1n) is 14.9. The van der Waals surface area contributed by atoms with Crippen LogP contribution in [0.5, 0.6) is 0 Å². The fourth-order valence-electron chi connectivity index (χ4n) is 8.63. The molecule has 0 aromatic heterocycles. The number of Topliss-reactive ketones (excluding diaryl/α,β-unsaturated/α-hetero) is 1. The van der Waals surface area contributed by atoms with Crippen molar-refractivity contribution in [2.24, 2.45) is 28.6 Å². The highest BCUT2D eigenvalue weighted by atomic mass is 16.6. The molecule has 0 amide bonds. The van der Waals surface area contributed by atoms with E-state index in [1.807, 2.05) is 19.9 Å². The van der Waals surface area contributed by atoms with Crippen LogP contribution in [0.2, 0.25) is 0 Å². The molecule has 3 saturated carbocycles. The Morgan fingerprint density at radius 2 is 1.66 bits per heavy atom. The topological polar surface area (TPSA) is 90.0 Å². The standard InChI is InChI=1S/C31H47NO6/c1-6-27(35)38-31(26(34)20-37-28(36)14-18-32(7-2)8-3)17-13-25-23-10-9-21-19-22(33)11-15-29(21,4)24(23)12-16-30(25,31)5/h19,23-25H,6-18,20H2,1-5H3/t23-,24+,25+,29+,30+,31+/m1/s1. The highest BCUT2D eigenvalue weighted by Gasteiger charge is 2.68. The zero-order valence-electron chi connectivity index (χ0n) is 24.1. The van der Waals surface area contributed by atoms with E-state index >= 15 is 0 Å². The van der Waals surface area contributed by atoms with E-state index in [1.165, 1.54) is 5.57 Å². The van der Waals surface area contributed by atoms with Gasteiger partial charge in [-0.1, -0.05) is 40.2 Å². The summed E-state index contributed by atoms with van der Waals surface area (Å²) in [6.07, 6.45) is 8.83. The van der Waals surface area contributed by atoms with Crippen molar-refractivity contribution in [1.82, 2.24) is 4.90 Å². The summed E-state index contributed by atoms with van der Waals surface area (Å²) in [6, 6.07) is 0. The van der Waals surface area contributed by atoms with E-state index in [0.717, 1.165) is 51.6 Å². The fourth-order valence-corrected chi connectivity index (χ4v) is 8.63. The second kappa shape index (κ2) is 11.2. The number of allylic oxidation sites excluding steroid dienone is 1. The van der Waals surface area contributed by atoms with Gasteiger partial charge in [-0.3, -0.25) is 19.2 Å². The Morgan fingerprint density at radius 1 is 0.947 bits per heavy atom. The first-order valence-corrected chi connectivity index (χ1v) is 14.9. The molecule has 0 aromatic carbocycles. The zero-order chi connectivity index (χ0) is 27.7. The van der Waals surface area contributed by atoms with Crippen molar-refractivity contribution in [3.8, 4) is 0 Å². The lowest BCUT2D eigenvalue weighted by atomic mass is 9.46. The quantitative estimate of drug-likeness (QED) is 0.366. The van der Waals surface area contributed by atoms with Crippen molar-refractivity contribution in [2.75, 3.05) is 26.2 Å². The Balaban J connectivity index is 1.54. The van der Waals surface area contributed by atoms with Crippen LogP contribution in [0.3, 0.4) is 0 Å². The molecule has 7 heteroatoms. The zero-order valence-corrected chi connectivity index (χ0v) is 24.1. The van der Waals surface area contributed by atoms with E-state index in [4.69, 9.17) is 9.47 Å². The van der Waals surface area contributed by atoms with E-state index in [9.17, 15) is 19.2 Å². The average molecular weight is 530 g/mol. The normalized spacial score (nSPS) is 36.1. The molecule has 4 aliphatic carbocycles. The summed E-state index contributed by atoms with van der Waals surface area (Å²) >= 11 is 0. The lowest BCUT2D eigenvalue weighted by molar-refractivity contribution is -0.192. The predicted octanol–water partition coefficient (Wildman–Crippen LogP) is 5.05. The molecule has 38 heavy (non-hydrogen) atoms. The summed E-state index contributed by atoms with van der Waals surface area (Å²) in [4.78, 5) is 53.4. The summed E-state index contributed by atoms with van der Waals surface area (Å²) in [5.41, 5.74) is -0.401. The highest BCUT2D eigenvalue weighted by molar-refractivity contribution is 5.93. The molecule has 6 atom stereocenters. The van der Waals surface area contributed by atoms with Crippen LogP contribution in [0.15, 0.2) is 11.6 Å². The lowest BCUT2D eigenvalue weighted by Gasteiger charge is -2.59. The number of fused-ring (bicyclic) bond motifs is 5. The lowest BCUT2D eigenvalue weighted by Crippen LogP contribution is -2.60. The van der Waals surface area contributed by atoms with Gasteiger partial charge in [0.2, 0.25) is 5.78 Å². The van der Waals surface area contributed by atoms with Crippen LogP contribution >= 0.6 is 0 Å². The number of nitrogens with zero attached hydrogens (tertiary/aromatic N) is 1. The van der Waals surface area contributed by atoms with Gasteiger partial charge in [-0.15, -0.1) is 0 Å². The number of carbonyl (C=O) groups excluding carboxylic acids is 4. The molecule has 0 aromatic rings. The van der Waals surface area contributed by atoms with Crippen LogP contribution in [0.25, 0.3) is 0 Å². The fraction of sp³-hybridized carbons (Fsp3) is 0.806. The van der Waals surface area contributed by atoms with E-state index in [-0.39, 0.29) is 48.3 Å². The van der Waals surface area contributed by atoms with Crippen molar-refractivity contribution >= 4 is 23.5 Å². The van der Waals surface area contributed by atoms with Crippen molar-refractivity contribution < 1.29 is 28.7 Å². The van der Waals surface area contributed by atoms with Crippen LogP contribution in [-0.4, -0.2) is 60.2 Å². The maximum atomic E-state index is 13.9. The van der Waals surface area contributed by atoms with Gasteiger partial charge in [-0.05, 0) is 87.3 Å². The van der Waals surface area contributed by atoms with Gasteiger partial charge in [0, 0.05) is 24.8 Å². The van der Waals surface area contributed by atoms with Crippen LogP contribution in [-0.2, 0) is 28.7 Å². The highest BCUT2D eigenvalue weighted by Crippen LogP contribution is 2.68. The Morgan fingerprint density at radius 3 is 2.34 bits per heavy atom. The summed E-state index contributed by atoms with van der Waals surface area (Å²) in [5, 5.41) is 0. The van der Waals surface area contributed by atoms with Gasteiger partial charge in [0.05, 0.1) is 6.42 Å². The second-order valence-electron chi connectivity index (χ2n) is 12.5. The molecule has 4 rings (SSSR count). The number of esters is 2. The molecule has 0 aliphatic heterocycles. The van der Waals surface area contributed by atoms with Gasteiger partial charge in [-0.2, -0.15) is 0 Å². The van der Waals surface area contributed by atoms with Gasteiger partial charge in [0.25, 0.3) is 0 Å². The molecule has 0 bridgehead atoms. The van der Waals surface area contributed by atoms with Crippen molar-refractivity contribution in [3.63, 3.8) is 0 Å². The molecule has 0 spiro atoms. The minimum Gasteiger partial charge on any atom is -0.457 e. The minimum atomic E-state index is -1.26. The van der Waals surface area contributed by atoms with E-state index in [2.05, 4.69) is 18.7 Å². The molecule has 0 heterocycles. The molecule has 4 aliphatic rings. The van der Waals surface area contributed by atoms with E-state index in [0.29, 0.717) is 31.2 Å². The van der Waals surface area contributed by atoms with Gasteiger partial charge in [0.15, 0.2) is 18.0 Å². The second-order valence-corrected chi connectivity index (χ2v) is 12.5. The summed E-state index contributed by atoms with van der Waals surface area (Å²) in [6.45, 7) is 12.3. The molecule has 0 radical (unpaired) electrons. The van der Waals surface area contributed by atoms with Gasteiger partial charge in [0.1, 0.15) is 0 Å². The number of hydrogen-bond acceptors (Lipinski definition) is 7. The van der Waals surface area contributed by atoms with E-state index in [1.54, 1.807) is 6.92 Å². The first-order chi connectivity index (χ1) is 18.0. The number of hydrogen-bond donors (Lipinski definition) is 0. The van der Waals surface area contributed by atoms with Gasteiger partial charge >= 0.3 is 11.9 Å². The summed E-state index contributed by atoms with van der Waals surface area (Å²) in [7, 11) is 0. The molecule has 212 valence electrons. The van der Waals surface area contributed by atoms with Crippen LogP contribution in [0.1, 0.15) is 98.8 Å². The largest absolute Gasteiger partial charge is 0.457 e. The SMILES string of the molecule is CCC(=O)O[C@]1(C(=O)COC(=O)CCN(CC)CC)CC[C@H]2[C@@H]3CCC4=CC(=O)CC[C@]4(C)[C@H]3CC[C@@]21C. The first kappa shape index (κ1) is 29.0. The van der Waals surface area contributed by atoms with E-state index < -0.39 is 17.0 Å². The minimum absolute atomic E-state index is 0.0356. The smallest absolute Gasteiger partial charge is 0.307 e. The monoisotopic (exact) mass is 529 g/mol. The Bertz CT molecular complexity index is 985. The van der Waals surface area contributed by atoms with Crippen LogP contribution < -0.4 is 0 Å². The van der Waals surface area contributed by atoms with Crippen molar-refractivity contribution in [1.29, 1.82) is 0 Å². The molecule has 0 saturated heterocycles. The Labute approximate surface area is 228 Å². The Hall–Kier alpha value is -2.02. The van der Waals surface area contributed by atoms with Gasteiger partial charge in [-0.25, -0.2) is 0 Å². The maximum absolute atomic E-state index is 13.9. The average Bonchev–Trinajstić information content (AvgIpc) is 3.21. The number of rotatable bonds is 10. The molecule has 3 fully saturated rings. The summed E-state index contributed by atoms with van der Waals surface area (Å²) < 4.78 is 11.6. The predicted molar refractivity (Wildman–Crippen MR) is 144 cm³/mol. The number of carbonyl (C=O) groups is 4. The Kier molecular flexibility index (Phi) is 8.56. The molecular weight excluding hydrogens is 482 g/mol. The third-order valence-electron chi connectivity index (χ3n) is 11.0. The number of ketones is 2. The molecule has 0 unspecified atom stereocenters. The maximum Gasteiger partial charge on any atom is 0.307 e. The number of ether oxygens (including phenoxy) is 2. The molecular formula is C31H47NO6. The third-order valence-corrected chi connectivity index (χ3v) is 11.0. The van der Waals surface area contributed by atoms with Crippen molar-refractivity contribution in [3.05, 3.63) is 11.6 Å². The van der Waals surface area contributed by atoms with Crippen LogP contribution in [0, 0.1) is 28.6 Å². The summed E-state index contributed by atoms with van der Waals surface area (Å²) in [5.74, 6) is 0.364. The van der Waals surface area contributed by atoms with Crippen LogP contribution in [0.4, 0.5) is 0 Å². The van der Waals surface area contributed by atoms with Crippen molar-refractivity contribution in [2.45, 2.75) is 104 Å². The third kappa shape index (κ3) is 4.89. The molecule has 0 N–H and O–H groups in total. The van der Waals surface area contributed by atoms with Gasteiger partial charge < -0.3 is 14.4 Å².